The van der Waals surface area contributed by atoms with E-state index in [9.17, 15) is 0 Å². The van der Waals surface area contributed by atoms with Crippen molar-refractivity contribution in [2.75, 3.05) is 38.6 Å². The van der Waals surface area contributed by atoms with Gasteiger partial charge in [-0.3, -0.25) is 0 Å². The lowest BCUT2D eigenvalue weighted by molar-refractivity contribution is -0.0117. The summed E-state index contributed by atoms with van der Waals surface area (Å²) in [4.78, 5) is 2.32. The molecule has 2 rings (SSSR count). The Labute approximate surface area is 110 Å². The minimum atomic E-state index is 0.300. The topological polar surface area (TPSA) is 24.5 Å². The molecule has 3 nitrogen and oxygen atoms in total. The van der Waals surface area contributed by atoms with E-state index in [-0.39, 0.29) is 0 Å². The number of hydrogen-bond acceptors (Lipinski definition) is 3. The molecule has 0 aliphatic carbocycles. The highest BCUT2D eigenvalue weighted by molar-refractivity contribution is 5.45. The van der Waals surface area contributed by atoms with Crippen molar-refractivity contribution >= 4 is 5.69 Å². The summed E-state index contributed by atoms with van der Waals surface area (Å²) in [5.74, 6) is 0.592. The number of likely N-dealkylation sites (N-methyl/N-ethyl adjacent to an activating group) is 1. The second-order valence-electron chi connectivity index (χ2n) is 5.41. The summed E-state index contributed by atoms with van der Waals surface area (Å²) in [5, 5.41) is 3.45. The van der Waals surface area contributed by atoms with Crippen molar-refractivity contribution in [3.05, 3.63) is 29.8 Å². The van der Waals surface area contributed by atoms with Crippen LogP contribution in [-0.4, -0.2) is 44.3 Å². The Morgan fingerprint density at radius 2 is 2.06 bits per heavy atom. The average molecular weight is 248 g/mol. The van der Waals surface area contributed by atoms with Gasteiger partial charge in [0.05, 0.1) is 12.7 Å². The molecule has 1 saturated heterocycles. The minimum Gasteiger partial charge on any atom is -0.382 e. The Hall–Kier alpha value is -1.06. The van der Waals surface area contributed by atoms with Crippen molar-refractivity contribution < 1.29 is 4.74 Å². The molecule has 1 unspecified atom stereocenters. The van der Waals surface area contributed by atoms with Crippen LogP contribution in [-0.2, 0) is 4.74 Å². The lowest BCUT2D eigenvalue weighted by Gasteiger charge is -2.30. The second kappa shape index (κ2) is 6.21. The summed E-state index contributed by atoms with van der Waals surface area (Å²) in [7, 11) is 2.15. The molecule has 0 radical (unpaired) electrons. The summed E-state index contributed by atoms with van der Waals surface area (Å²) in [6.07, 6.45) is 0.300. The summed E-state index contributed by atoms with van der Waals surface area (Å²) < 4.78 is 5.73. The van der Waals surface area contributed by atoms with Crippen LogP contribution in [0.1, 0.15) is 25.3 Å². The molecule has 1 aliphatic rings. The molecule has 18 heavy (non-hydrogen) atoms. The Bertz CT molecular complexity index is 361. The molecule has 0 saturated carbocycles. The van der Waals surface area contributed by atoms with E-state index in [2.05, 4.69) is 55.4 Å². The average Bonchev–Trinajstić information content (AvgIpc) is 2.37. The van der Waals surface area contributed by atoms with Crippen molar-refractivity contribution in [2.45, 2.75) is 25.9 Å². The molecule has 1 atom stereocenters. The maximum absolute atomic E-state index is 5.73. The lowest BCUT2D eigenvalue weighted by Crippen LogP contribution is -2.43. The highest BCUT2D eigenvalue weighted by Gasteiger charge is 2.16. The molecule has 0 spiro atoms. The van der Waals surface area contributed by atoms with Crippen LogP contribution in [0, 0.1) is 0 Å². The molecular formula is C15H24N2O. The van der Waals surface area contributed by atoms with Gasteiger partial charge < -0.3 is 15.0 Å². The molecule has 0 bridgehead atoms. The molecule has 100 valence electrons. The first-order valence-electron chi connectivity index (χ1n) is 6.79. The molecule has 3 heteroatoms. The predicted octanol–water partition coefficient (Wildman–Crippen LogP) is 2.55. The highest BCUT2D eigenvalue weighted by Crippen LogP contribution is 2.17. The predicted molar refractivity (Wildman–Crippen MR) is 76.3 cm³/mol. The smallest absolute Gasteiger partial charge is 0.0874 e. The molecule has 1 heterocycles. The first-order valence-corrected chi connectivity index (χ1v) is 6.79. The van der Waals surface area contributed by atoms with E-state index in [0.29, 0.717) is 12.0 Å². The van der Waals surface area contributed by atoms with Gasteiger partial charge in [-0.15, -0.1) is 0 Å². The quantitative estimate of drug-likeness (QED) is 0.886. The molecule has 1 fully saturated rings. The zero-order chi connectivity index (χ0) is 13.0. The zero-order valence-electron chi connectivity index (χ0n) is 11.6. The van der Waals surface area contributed by atoms with Crippen molar-refractivity contribution in [3.63, 3.8) is 0 Å². The molecule has 0 amide bonds. The van der Waals surface area contributed by atoms with Crippen LogP contribution in [0.4, 0.5) is 5.69 Å². The zero-order valence-corrected chi connectivity index (χ0v) is 11.6. The van der Waals surface area contributed by atoms with Gasteiger partial charge in [0.2, 0.25) is 0 Å². The standard InChI is InChI=1S/C15H24N2O/c1-12(2)13-4-6-14(7-5-13)16-10-15-11-17(3)8-9-18-15/h4-7,12,15-16H,8-11H2,1-3H3. The maximum Gasteiger partial charge on any atom is 0.0874 e. The van der Waals surface area contributed by atoms with Crippen molar-refractivity contribution in [2.24, 2.45) is 0 Å². The van der Waals surface area contributed by atoms with Gasteiger partial charge in [-0.05, 0) is 30.7 Å². The Balaban J connectivity index is 1.82. The fourth-order valence-electron chi connectivity index (χ4n) is 2.21. The van der Waals surface area contributed by atoms with Crippen LogP contribution < -0.4 is 5.32 Å². The number of nitrogens with zero attached hydrogens (tertiary/aromatic N) is 1. The first-order chi connectivity index (χ1) is 8.65. The van der Waals surface area contributed by atoms with E-state index in [1.165, 1.54) is 11.3 Å². The molecule has 1 aliphatic heterocycles. The van der Waals surface area contributed by atoms with Crippen molar-refractivity contribution in [3.8, 4) is 0 Å². The van der Waals surface area contributed by atoms with E-state index in [1.807, 2.05) is 0 Å². The fraction of sp³-hybridized carbons (Fsp3) is 0.600. The van der Waals surface area contributed by atoms with Crippen LogP contribution >= 0.6 is 0 Å². The van der Waals surface area contributed by atoms with Gasteiger partial charge >= 0.3 is 0 Å². The van der Waals surface area contributed by atoms with Crippen LogP contribution in [0.3, 0.4) is 0 Å². The SMILES string of the molecule is CC(C)c1ccc(NCC2CN(C)CCO2)cc1. The van der Waals surface area contributed by atoms with Gasteiger partial charge in [0.1, 0.15) is 0 Å². The molecule has 1 N–H and O–H groups in total. The van der Waals surface area contributed by atoms with E-state index in [4.69, 9.17) is 4.74 Å². The number of benzene rings is 1. The van der Waals surface area contributed by atoms with Crippen LogP contribution in [0.15, 0.2) is 24.3 Å². The van der Waals surface area contributed by atoms with Crippen LogP contribution in [0.5, 0.6) is 0 Å². The number of morpholine rings is 1. The minimum absolute atomic E-state index is 0.300. The van der Waals surface area contributed by atoms with E-state index in [0.717, 1.165) is 26.2 Å². The molecule has 1 aromatic carbocycles. The van der Waals surface area contributed by atoms with Gasteiger partial charge in [0.25, 0.3) is 0 Å². The van der Waals surface area contributed by atoms with Gasteiger partial charge in [-0.25, -0.2) is 0 Å². The van der Waals surface area contributed by atoms with Crippen molar-refractivity contribution in [1.29, 1.82) is 0 Å². The third kappa shape index (κ3) is 3.72. The van der Waals surface area contributed by atoms with Gasteiger partial charge in [0, 0.05) is 25.3 Å². The number of hydrogen-bond donors (Lipinski definition) is 1. The third-order valence-corrected chi connectivity index (χ3v) is 3.45. The van der Waals surface area contributed by atoms with Gasteiger partial charge in [0.15, 0.2) is 0 Å². The maximum atomic E-state index is 5.73. The summed E-state index contributed by atoms with van der Waals surface area (Å²) in [5.41, 5.74) is 2.56. The highest BCUT2D eigenvalue weighted by atomic mass is 16.5. The van der Waals surface area contributed by atoms with Crippen LogP contribution in [0.2, 0.25) is 0 Å². The molecular weight excluding hydrogens is 224 g/mol. The van der Waals surface area contributed by atoms with Gasteiger partial charge in [-0.2, -0.15) is 0 Å². The van der Waals surface area contributed by atoms with E-state index >= 15 is 0 Å². The van der Waals surface area contributed by atoms with Crippen LogP contribution in [0.25, 0.3) is 0 Å². The number of anilines is 1. The molecule has 0 aromatic heterocycles. The summed E-state index contributed by atoms with van der Waals surface area (Å²) in [6.45, 7) is 8.21. The summed E-state index contributed by atoms with van der Waals surface area (Å²) >= 11 is 0. The van der Waals surface area contributed by atoms with Crippen molar-refractivity contribution in [1.82, 2.24) is 4.90 Å². The Morgan fingerprint density at radius 1 is 1.33 bits per heavy atom. The van der Waals surface area contributed by atoms with E-state index in [1.54, 1.807) is 0 Å². The number of ether oxygens (including phenoxy) is 1. The number of rotatable bonds is 4. The van der Waals surface area contributed by atoms with Gasteiger partial charge in [-0.1, -0.05) is 26.0 Å². The lowest BCUT2D eigenvalue weighted by atomic mass is 10.0. The molecule has 1 aromatic rings. The summed E-state index contributed by atoms with van der Waals surface area (Å²) in [6, 6.07) is 8.70. The third-order valence-electron chi connectivity index (χ3n) is 3.45. The second-order valence-corrected chi connectivity index (χ2v) is 5.41. The Kier molecular flexibility index (Phi) is 4.61. The first kappa shape index (κ1) is 13.4. The number of nitrogens with one attached hydrogen (secondary N) is 1. The normalized spacial score (nSPS) is 21.2. The van der Waals surface area contributed by atoms with E-state index < -0.39 is 0 Å². The monoisotopic (exact) mass is 248 g/mol. The fourth-order valence-corrected chi connectivity index (χ4v) is 2.21. The largest absolute Gasteiger partial charge is 0.382 e. The Morgan fingerprint density at radius 3 is 2.67 bits per heavy atom.